The standard InChI is InChI=1S/C16H14F3N3O2S/c1-9-5-10(2)14(20-7-9)8-25(23)15-21-12-4-3-11(6-13(12)22-15)24-16(17,18)19/h3-7H,8H2,1-2H3,(H,21,22). The molecule has 2 aromatic heterocycles. The van der Waals surface area contributed by atoms with E-state index in [2.05, 4.69) is 19.7 Å². The lowest BCUT2D eigenvalue weighted by Crippen LogP contribution is -2.16. The predicted octanol–water partition coefficient (Wildman–Crippen LogP) is 3.78. The number of imidazole rings is 1. The molecular formula is C16H14F3N3O2S. The minimum absolute atomic E-state index is 0.165. The van der Waals surface area contributed by atoms with Gasteiger partial charge in [-0.15, -0.1) is 13.2 Å². The van der Waals surface area contributed by atoms with Crippen LogP contribution in [0.2, 0.25) is 0 Å². The quantitative estimate of drug-likeness (QED) is 0.760. The normalized spacial score (nSPS) is 13.2. The summed E-state index contributed by atoms with van der Waals surface area (Å²) in [6, 6.07) is 5.66. The van der Waals surface area contributed by atoms with Crippen LogP contribution >= 0.6 is 0 Å². The number of nitrogens with zero attached hydrogens (tertiary/aromatic N) is 2. The second-order valence-electron chi connectivity index (χ2n) is 5.53. The van der Waals surface area contributed by atoms with Crippen molar-refractivity contribution in [3.63, 3.8) is 0 Å². The molecule has 1 atom stereocenters. The Balaban J connectivity index is 1.84. The van der Waals surface area contributed by atoms with Crippen LogP contribution in [0.1, 0.15) is 16.8 Å². The third-order valence-corrected chi connectivity index (χ3v) is 4.63. The smallest absolute Gasteiger partial charge is 0.406 e. The Bertz CT molecular complexity index is 953. The van der Waals surface area contributed by atoms with Crippen LogP contribution in [0.4, 0.5) is 13.2 Å². The monoisotopic (exact) mass is 369 g/mol. The Morgan fingerprint density at radius 2 is 2.00 bits per heavy atom. The van der Waals surface area contributed by atoms with Gasteiger partial charge in [-0.2, -0.15) is 0 Å². The Kier molecular flexibility index (Phi) is 4.51. The zero-order chi connectivity index (χ0) is 18.2. The van der Waals surface area contributed by atoms with E-state index in [1.54, 1.807) is 6.20 Å². The summed E-state index contributed by atoms with van der Waals surface area (Å²) in [5, 5.41) is 0.181. The molecule has 2 heterocycles. The first-order valence-electron chi connectivity index (χ1n) is 7.27. The van der Waals surface area contributed by atoms with Crippen molar-refractivity contribution >= 4 is 21.8 Å². The molecule has 0 aliphatic heterocycles. The number of nitrogens with one attached hydrogen (secondary N) is 1. The van der Waals surface area contributed by atoms with E-state index < -0.39 is 17.2 Å². The summed E-state index contributed by atoms with van der Waals surface area (Å²) in [5.74, 6) is -0.199. The van der Waals surface area contributed by atoms with Crippen molar-refractivity contribution < 1.29 is 22.1 Å². The summed E-state index contributed by atoms with van der Waals surface area (Å²) in [5.41, 5.74) is 3.34. The van der Waals surface area contributed by atoms with Crippen LogP contribution in [0, 0.1) is 13.8 Å². The summed E-state index contributed by atoms with van der Waals surface area (Å²) < 4.78 is 53.2. The number of hydrogen-bond acceptors (Lipinski definition) is 4. The van der Waals surface area contributed by atoms with Gasteiger partial charge < -0.3 is 9.72 Å². The molecule has 1 unspecified atom stereocenters. The van der Waals surface area contributed by atoms with E-state index in [4.69, 9.17) is 0 Å². The molecule has 3 rings (SSSR count). The van der Waals surface area contributed by atoms with Gasteiger partial charge >= 0.3 is 6.36 Å². The molecule has 5 nitrogen and oxygen atoms in total. The number of H-pyrrole nitrogens is 1. The first-order valence-corrected chi connectivity index (χ1v) is 8.59. The molecule has 1 N–H and O–H groups in total. The fraction of sp³-hybridized carbons (Fsp3) is 0.250. The topological polar surface area (TPSA) is 67.9 Å². The van der Waals surface area contributed by atoms with Crippen LogP contribution < -0.4 is 4.74 Å². The molecule has 0 radical (unpaired) electrons. The van der Waals surface area contributed by atoms with E-state index in [0.717, 1.165) is 17.2 Å². The van der Waals surface area contributed by atoms with Gasteiger partial charge in [0.2, 0.25) is 0 Å². The number of aromatic amines is 1. The molecule has 3 aromatic rings. The molecule has 0 saturated heterocycles. The molecule has 0 spiro atoms. The fourth-order valence-electron chi connectivity index (χ4n) is 2.36. The number of hydrogen-bond donors (Lipinski definition) is 1. The lowest BCUT2D eigenvalue weighted by Gasteiger charge is -2.07. The Labute approximate surface area is 143 Å². The first kappa shape index (κ1) is 17.4. The number of halogens is 3. The molecule has 0 aliphatic rings. The first-order chi connectivity index (χ1) is 11.7. The molecule has 0 bridgehead atoms. The number of ether oxygens (including phenoxy) is 1. The van der Waals surface area contributed by atoms with Crippen molar-refractivity contribution in [3.05, 3.63) is 47.3 Å². The predicted molar refractivity (Wildman–Crippen MR) is 86.6 cm³/mol. The highest BCUT2D eigenvalue weighted by Gasteiger charge is 2.31. The number of fused-ring (bicyclic) bond motifs is 1. The second kappa shape index (κ2) is 6.47. The Hall–Kier alpha value is -2.42. The third-order valence-electron chi connectivity index (χ3n) is 3.47. The molecule has 9 heteroatoms. The molecular weight excluding hydrogens is 355 g/mol. The maximum atomic E-state index is 12.5. The van der Waals surface area contributed by atoms with Crippen molar-refractivity contribution in [1.29, 1.82) is 0 Å². The van der Waals surface area contributed by atoms with Gasteiger partial charge in [0, 0.05) is 12.3 Å². The Morgan fingerprint density at radius 1 is 1.24 bits per heavy atom. The number of pyridine rings is 1. The van der Waals surface area contributed by atoms with E-state index in [9.17, 15) is 17.4 Å². The molecule has 0 amide bonds. The van der Waals surface area contributed by atoms with E-state index in [1.807, 2.05) is 19.9 Å². The number of aromatic nitrogens is 3. The van der Waals surface area contributed by atoms with E-state index in [-0.39, 0.29) is 16.7 Å². The average Bonchev–Trinajstić information content (AvgIpc) is 2.91. The van der Waals surface area contributed by atoms with Crippen molar-refractivity contribution in [2.24, 2.45) is 0 Å². The highest BCUT2D eigenvalue weighted by molar-refractivity contribution is 7.84. The van der Waals surface area contributed by atoms with Crippen LogP contribution in [0.5, 0.6) is 5.75 Å². The van der Waals surface area contributed by atoms with E-state index in [0.29, 0.717) is 16.7 Å². The van der Waals surface area contributed by atoms with Gasteiger partial charge in [0.15, 0.2) is 5.16 Å². The van der Waals surface area contributed by atoms with Crippen molar-refractivity contribution in [1.82, 2.24) is 15.0 Å². The number of benzene rings is 1. The number of aryl methyl sites for hydroxylation is 2. The van der Waals surface area contributed by atoms with Gasteiger partial charge in [-0.05, 0) is 37.1 Å². The largest absolute Gasteiger partial charge is 0.573 e. The zero-order valence-corrected chi connectivity index (χ0v) is 14.2. The second-order valence-corrected chi connectivity index (χ2v) is 6.90. The van der Waals surface area contributed by atoms with Crippen LogP contribution in [-0.4, -0.2) is 25.5 Å². The summed E-state index contributed by atoms with van der Waals surface area (Å²) in [7, 11) is -1.50. The van der Waals surface area contributed by atoms with Crippen LogP contribution in [0.3, 0.4) is 0 Å². The van der Waals surface area contributed by atoms with Gasteiger partial charge in [0.25, 0.3) is 0 Å². The summed E-state index contributed by atoms with van der Waals surface area (Å²) in [4.78, 5) is 11.2. The molecule has 0 aliphatic carbocycles. The number of rotatable bonds is 4. The minimum Gasteiger partial charge on any atom is -0.406 e. The van der Waals surface area contributed by atoms with Crippen LogP contribution in [0.25, 0.3) is 11.0 Å². The minimum atomic E-state index is -4.77. The highest BCUT2D eigenvalue weighted by atomic mass is 32.2. The lowest BCUT2D eigenvalue weighted by atomic mass is 10.2. The molecule has 25 heavy (non-hydrogen) atoms. The van der Waals surface area contributed by atoms with Crippen LogP contribution in [0.15, 0.2) is 35.6 Å². The lowest BCUT2D eigenvalue weighted by molar-refractivity contribution is -0.274. The van der Waals surface area contributed by atoms with Gasteiger partial charge in [-0.25, -0.2) is 4.98 Å². The maximum absolute atomic E-state index is 12.5. The highest BCUT2D eigenvalue weighted by Crippen LogP contribution is 2.26. The van der Waals surface area contributed by atoms with Crippen molar-refractivity contribution in [2.75, 3.05) is 0 Å². The zero-order valence-electron chi connectivity index (χ0n) is 13.3. The molecule has 132 valence electrons. The SMILES string of the molecule is Cc1cnc(CS(=O)c2nc3ccc(OC(F)(F)F)cc3[nH]2)c(C)c1. The summed E-state index contributed by atoms with van der Waals surface area (Å²) >= 11 is 0. The third kappa shape index (κ3) is 4.16. The van der Waals surface area contributed by atoms with Crippen molar-refractivity contribution in [2.45, 2.75) is 31.1 Å². The Morgan fingerprint density at radius 3 is 2.68 bits per heavy atom. The van der Waals surface area contributed by atoms with Gasteiger partial charge in [-0.1, -0.05) is 6.07 Å². The van der Waals surface area contributed by atoms with Crippen LogP contribution in [-0.2, 0) is 16.6 Å². The van der Waals surface area contributed by atoms with E-state index in [1.165, 1.54) is 12.1 Å². The van der Waals surface area contributed by atoms with Gasteiger partial charge in [0.05, 0.1) is 33.3 Å². The summed E-state index contributed by atoms with van der Waals surface area (Å²) in [6.45, 7) is 3.80. The maximum Gasteiger partial charge on any atom is 0.573 e. The average molecular weight is 369 g/mol. The molecule has 0 saturated carbocycles. The number of alkyl halides is 3. The van der Waals surface area contributed by atoms with Gasteiger partial charge in [0.1, 0.15) is 5.75 Å². The van der Waals surface area contributed by atoms with E-state index >= 15 is 0 Å². The molecule has 1 aromatic carbocycles. The van der Waals surface area contributed by atoms with Gasteiger partial charge in [-0.3, -0.25) is 9.19 Å². The fourth-order valence-corrected chi connectivity index (χ4v) is 3.47. The molecule has 0 fully saturated rings. The van der Waals surface area contributed by atoms with Crippen molar-refractivity contribution in [3.8, 4) is 5.75 Å². The summed E-state index contributed by atoms with van der Waals surface area (Å²) in [6.07, 6.45) is -3.08.